The highest BCUT2D eigenvalue weighted by molar-refractivity contribution is 7.13. The van der Waals surface area contributed by atoms with Gasteiger partial charge in [0.15, 0.2) is 0 Å². The van der Waals surface area contributed by atoms with E-state index in [1.807, 2.05) is 17.5 Å². The second-order valence-corrected chi connectivity index (χ2v) is 7.24. The molecule has 0 bridgehead atoms. The number of aryl methyl sites for hydroxylation is 1. The average Bonchev–Trinajstić information content (AvgIpc) is 3.26. The van der Waals surface area contributed by atoms with E-state index in [0.29, 0.717) is 0 Å². The standard InChI is InChI=1S/C22H19N3S/c1-4-17-11-13-26-21(17)20-22(23-16(3)18-8-6-5-7-9-18)25-12-10-15(2)14-19(25)24-20/h1,5-14,16,23H,2-3H3. The molecule has 3 heterocycles. The van der Waals surface area contributed by atoms with E-state index in [9.17, 15) is 0 Å². The summed E-state index contributed by atoms with van der Waals surface area (Å²) < 4.78 is 2.10. The minimum Gasteiger partial charge on any atom is -0.363 e. The fourth-order valence-corrected chi connectivity index (χ4v) is 3.93. The van der Waals surface area contributed by atoms with Crippen LogP contribution in [0.3, 0.4) is 0 Å². The fourth-order valence-electron chi connectivity index (χ4n) is 3.08. The first-order valence-corrected chi connectivity index (χ1v) is 9.40. The van der Waals surface area contributed by atoms with Crippen molar-refractivity contribution in [1.82, 2.24) is 9.38 Å². The Labute approximate surface area is 157 Å². The number of rotatable bonds is 4. The molecule has 4 rings (SSSR count). The van der Waals surface area contributed by atoms with Crippen LogP contribution in [0.4, 0.5) is 5.82 Å². The van der Waals surface area contributed by atoms with Gasteiger partial charge in [-0.2, -0.15) is 0 Å². The summed E-state index contributed by atoms with van der Waals surface area (Å²) in [5.41, 5.74) is 5.11. The number of pyridine rings is 1. The first-order valence-electron chi connectivity index (χ1n) is 8.52. The van der Waals surface area contributed by atoms with E-state index in [1.54, 1.807) is 11.3 Å². The van der Waals surface area contributed by atoms with E-state index in [0.717, 1.165) is 27.6 Å². The molecule has 3 nitrogen and oxygen atoms in total. The van der Waals surface area contributed by atoms with Crippen LogP contribution in [0.25, 0.3) is 16.2 Å². The van der Waals surface area contributed by atoms with Gasteiger partial charge in [0.1, 0.15) is 17.2 Å². The number of aromatic nitrogens is 2. The Bertz CT molecular complexity index is 1100. The zero-order chi connectivity index (χ0) is 18.1. The molecule has 4 aromatic rings. The van der Waals surface area contributed by atoms with Gasteiger partial charge >= 0.3 is 0 Å². The molecule has 0 radical (unpaired) electrons. The van der Waals surface area contributed by atoms with E-state index in [2.05, 4.69) is 72.1 Å². The zero-order valence-corrected chi connectivity index (χ0v) is 15.5. The van der Waals surface area contributed by atoms with Crippen molar-refractivity contribution in [3.05, 3.63) is 76.8 Å². The van der Waals surface area contributed by atoms with Crippen LogP contribution >= 0.6 is 11.3 Å². The van der Waals surface area contributed by atoms with Crippen LogP contribution in [-0.4, -0.2) is 9.38 Å². The molecule has 1 aromatic carbocycles. The minimum absolute atomic E-state index is 0.144. The lowest BCUT2D eigenvalue weighted by atomic mass is 10.1. The summed E-state index contributed by atoms with van der Waals surface area (Å²) in [5, 5.41) is 5.67. The largest absolute Gasteiger partial charge is 0.363 e. The maximum absolute atomic E-state index is 5.69. The molecule has 0 spiro atoms. The summed E-state index contributed by atoms with van der Waals surface area (Å²) in [6.45, 7) is 4.23. The lowest BCUT2D eigenvalue weighted by molar-refractivity contribution is 0.871. The van der Waals surface area contributed by atoms with Crippen molar-refractivity contribution in [3.63, 3.8) is 0 Å². The minimum atomic E-state index is 0.144. The Kier molecular flexibility index (Phi) is 4.24. The Hall–Kier alpha value is -3.03. The van der Waals surface area contributed by atoms with Gasteiger partial charge in [0.25, 0.3) is 0 Å². The SMILES string of the molecule is C#Cc1ccsc1-c1nc2cc(C)ccn2c1NC(C)c1ccccc1. The highest BCUT2D eigenvalue weighted by atomic mass is 32.1. The van der Waals surface area contributed by atoms with Crippen LogP contribution in [-0.2, 0) is 0 Å². The lowest BCUT2D eigenvalue weighted by Gasteiger charge is -2.16. The number of benzene rings is 1. The Morgan fingerprint density at radius 1 is 1.19 bits per heavy atom. The lowest BCUT2D eigenvalue weighted by Crippen LogP contribution is -2.09. The van der Waals surface area contributed by atoms with Crippen molar-refractivity contribution >= 4 is 22.8 Å². The number of nitrogens with one attached hydrogen (secondary N) is 1. The summed E-state index contributed by atoms with van der Waals surface area (Å²) in [6, 6.07) is 16.7. The van der Waals surface area contributed by atoms with Crippen LogP contribution in [0, 0.1) is 19.3 Å². The third kappa shape index (κ3) is 2.87. The van der Waals surface area contributed by atoms with Crippen LogP contribution in [0.5, 0.6) is 0 Å². The molecular formula is C22H19N3S. The summed E-state index contributed by atoms with van der Waals surface area (Å²) >= 11 is 1.63. The summed E-state index contributed by atoms with van der Waals surface area (Å²) in [7, 11) is 0. The molecule has 1 N–H and O–H groups in total. The van der Waals surface area contributed by atoms with Gasteiger partial charge in [0.2, 0.25) is 0 Å². The Morgan fingerprint density at radius 3 is 2.77 bits per heavy atom. The van der Waals surface area contributed by atoms with Gasteiger partial charge in [-0.1, -0.05) is 36.3 Å². The number of anilines is 1. The molecule has 0 fully saturated rings. The van der Waals surface area contributed by atoms with Gasteiger partial charge in [0, 0.05) is 17.8 Å². The predicted molar refractivity (Wildman–Crippen MR) is 110 cm³/mol. The normalized spacial score (nSPS) is 12.0. The average molecular weight is 357 g/mol. The topological polar surface area (TPSA) is 29.3 Å². The Balaban J connectivity index is 1.86. The number of hydrogen-bond donors (Lipinski definition) is 1. The number of terminal acetylenes is 1. The number of fused-ring (bicyclic) bond motifs is 1. The third-order valence-electron chi connectivity index (χ3n) is 4.47. The van der Waals surface area contributed by atoms with E-state index in [-0.39, 0.29) is 6.04 Å². The highest BCUT2D eigenvalue weighted by Gasteiger charge is 2.19. The van der Waals surface area contributed by atoms with Crippen LogP contribution in [0.1, 0.15) is 29.7 Å². The first kappa shape index (κ1) is 16.4. The van der Waals surface area contributed by atoms with E-state index < -0.39 is 0 Å². The molecule has 0 aliphatic carbocycles. The van der Waals surface area contributed by atoms with Crippen molar-refractivity contribution in [3.8, 4) is 22.9 Å². The second kappa shape index (κ2) is 6.70. The van der Waals surface area contributed by atoms with Crippen LogP contribution < -0.4 is 5.32 Å². The van der Waals surface area contributed by atoms with Crippen molar-refractivity contribution in [1.29, 1.82) is 0 Å². The van der Waals surface area contributed by atoms with Crippen molar-refractivity contribution < 1.29 is 0 Å². The molecule has 0 amide bonds. The molecule has 1 atom stereocenters. The van der Waals surface area contributed by atoms with Gasteiger partial charge in [-0.3, -0.25) is 4.40 Å². The molecule has 0 saturated heterocycles. The summed E-state index contributed by atoms with van der Waals surface area (Å²) in [4.78, 5) is 5.91. The van der Waals surface area contributed by atoms with E-state index in [4.69, 9.17) is 11.4 Å². The zero-order valence-electron chi connectivity index (χ0n) is 14.7. The quantitative estimate of drug-likeness (QED) is 0.487. The summed E-state index contributed by atoms with van der Waals surface area (Å²) in [5.74, 6) is 3.74. The predicted octanol–water partition coefficient (Wildman–Crippen LogP) is 5.53. The molecule has 0 saturated carbocycles. The molecule has 0 aliphatic rings. The smallest absolute Gasteiger partial charge is 0.140 e. The van der Waals surface area contributed by atoms with Gasteiger partial charge in [0.05, 0.1) is 4.88 Å². The van der Waals surface area contributed by atoms with Gasteiger partial charge in [-0.05, 0) is 48.6 Å². The van der Waals surface area contributed by atoms with Gasteiger partial charge in [-0.15, -0.1) is 17.8 Å². The van der Waals surface area contributed by atoms with Gasteiger partial charge in [-0.25, -0.2) is 4.98 Å². The third-order valence-corrected chi connectivity index (χ3v) is 5.39. The maximum atomic E-state index is 5.69. The van der Waals surface area contributed by atoms with Crippen LogP contribution in [0.15, 0.2) is 60.1 Å². The van der Waals surface area contributed by atoms with E-state index >= 15 is 0 Å². The maximum Gasteiger partial charge on any atom is 0.140 e. The van der Waals surface area contributed by atoms with Crippen molar-refractivity contribution in [2.24, 2.45) is 0 Å². The monoisotopic (exact) mass is 357 g/mol. The molecule has 3 aromatic heterocycles. The molecule has 4 heteroatoms. The second-order valence-electron chi connectivity index (χ2n) is 6.33. The molecule has 128 valence electrons. The molecule has 1 unspecified atom stereocenters. The number of imidazole rings is 1. The molecular weight excluding hydrogens is 338 g/mol. The molecule has 26 heavy (non-hydrogen) atoms. The van der Waals surface area contributed by atoms with Crippen LogP contribution in [0.2, 0.25) is 0 Å². The van der Waals surface area contributed by atoms with Crippen molar-refractivity contribution in [2.45, 2.75) is 19.9 Å². The molecule has 0 aliphatic heterocycles. The fraction of sp³-hybridized carbons (Fsp3) is 0.136. The number of thiophene rings is 1. The Morgan fingerprint density at radius 2 is 2.00 bits per heavy atom. The summed E-state index contributed by atoms with van der Waals surface area (Å²) in [6.07, 6.45) is 7.75. The first-order chi connectivity index (χ1) is 12.7. The van der Waals surface area contributed by atoms with Gasteiger partial charge < -0.3 is 5.32 Å². The van der Waals surface area contributed by atoms with Crippen molar-refractivity contribution in [2.75, 3.05) is 5.32 Å². The van der Waals surface area contributed by atoms with E-state index in [1.165, 1.54) is 11.1 Å². The number of nitrogens with zero attached hydrogens (tertiary/aromatic N) is 2. The number of hydrogen-bond acceptors (Lipinski definition) is 3. The highest BCUT2D eigenvalue weighted by Crippen LogP contribution is 2.36.